The van der Waals surface area contributed by atoms with Crippen molar-refractivity contribution < 1.29 is 19.1 Å². The van der Waals surface area contributed by atoms with Gasteiger partial charge in [-0.05, 0) is 61.2 Å². The van der Waals surface area contributed by atoms with Crippen LogP contribution in [0.3, 0.4) is 0 Å². The molecule has 0 saturated heterocycles. The number of aryl methyl sites for hydroxylation is 2. The first-order chi connectivity index (χ1) is 13.9. The van der Waals surface area contributed by atoms with Crippen molar-refractivity contribution in [2.75, 3.05) is 31.4 Å². The molecule has 0 fully saturated rings. The van der Waals surface area contributed by atoms with Crippen molar-refractivity contribution in [2.45, 2.75) is 32.7 Å². The second-order valence-corrected chi connectivity index (χ2v) is 7.16. The summed E-state index contributed by atoms with van der Waals surface area (Å²) < 4.78 is 10.5. The zero-order valence-electron chi connectivity index (χ0n) is 17.2. The molecule has 29 heavy (non-hydrogen) atoms. The van der Waals surface area contributed by atoms with Crippen LogP contribution in [0.25, 0.3) is 0 Å². The van der Waals surface area contributed by atoms with Crippen LogP contribution in [0.2, 0.25) is 0 Å². The maximum Gasteiger partial charge on any atom is 0.247 e. The van der Waals surface area contributed by atoms with Crippen molar-refractivity contribution in [3.8, 4) is 11.5 Å². The van der Waals surface area contributed by atoms with Crippen LogP contribution in [-0.2, 0) is 16.0 Å². The van der Waals surface area contributed by atoms with E-state index in [1.807, 2.05) is 44.2 Å². The number of amides is 2. The molecule has 0 aliphatic carbocycles. The second-order valence-electron chi connectivity index (χ2n) is 7.16. The van der Waals surface area contributed by atoms with Gasteiger partial charge >= 0.3 is 0 Å². The van der Waals surface area contributed by atoms with Gasteiger partial charge in [-0.2, -0.15) is 0 Å². The average Bonchev–Trinajstić information content (AvgIpc) is 2.70. The number of carbonyl (C=O) groups is 2. The maximum atomic E-state index is 12.3. The molecule has 0 aromatic heterocycles. The Kier molecular flexibility index (Phi) is 6.26. The van der Waals surface area contributed by atoms with E-state index in [-0.39, 0.29) is 18.2 Å². The summed E-state index contributed by atoms with van der Waals surface area (Å²) in [6.07, 6.45) is 0.724. The van der Waals surface area contributed by atoms with E-state index in [1.165, 1.54) is 0 Å². The van der Waals surface area contributed by atoms with Crippen LogP contribution >= 0.6 is 0 Å². The molecule has 7 nitrogen and oxygen atoms in total. The normalized spacial score (nSPS) is 15.0. The van der Waals surface area contributed by atoms with Gasteiger partial charge in [-0.3, -0.25) is 9.59 Å². The Hall–Kier alpha value is -3.22. The molecule has 3 N–H and O–H groups in total. The van der Waals surface area contributed by atoms with Crippen LogP contribution < -0.4 is 25.4 Å². The molecular formula is C22H27N3O4. The van der Waals surface area contributed by atoms with Crippen molar-refractivity contribution in [2.24, 2.45) is 0 Å². The summed E-state index contributed by atoms with van der Waals surface area (Å²) in [7, 11) is 3.18. The number of anilines is 2. The van der Waals surface area contributed by atoms with Crippen molar-refractivity contribution in [1.82, 2.24) is 5.32 Å². The Bertz CT molecular complexity index is 927. The summed E-state index contributed by atoms with van der Waals surface area (Å²) in [6.45, 7) is 4.49. The van der Waals surface area contributed by atoms with E-state index in [2.05, 4.69) is 16.0 Å². The minimum atomic E-state index is -0.592. The number of methoxy groups -OCH3 is 2. The molecule has 1 aliphatic rings. The summed E-state index contributed by atoms with van der Waals surface area (Å²) >= 11 is 0. The zero-order chi connectivity index (χ0) is 21.0. The van der Waals surface area contributed by atoms with E-state index in [4.69, 9.17) is 9.47 Å². The van der Waals surface area contributed by atoms with Gasteiger partial charge in [0.25, 0.3) is 0 Å². The molecule has 0 radical (unpaired) electrons. The lowest BCUT2D eigenvalue weighted by Gasteiger charge is -2.27. The molecule has 154 valence electrons. The van der Waals surface area contributed by atoms with Crippen LogP contribution in [0, 0.1) is 13.8 Å². The number of nitrogens with one attached hydrogen (secondary N) is 3. The quantitative estimate of drug-likeness (QED) is 0.669. The first-order valence-corrected chi connectivity index (χ1v) is 9.57. The minimum Gasteiger partial charge on any atom is -0.493 e. The average molecular weight is 397 g/mol. The minimum absolute atomic E-state index is 0.0735. The number of hydrogen-bond acceptors (Lipinski definition) is 5. The molecule has 1 heterocycles. The molecule has 2 aromatic rings. The van der Waals surface area contributed by atoms with Crippen molar-refractivity contribution in [3.63, 3.8) is 0 Å². The Morgan fingerprint density at radius 3 is 2.41 bits per heavy atom. The predicted octanol–water partition coefficient (Wildman–Crippen LogP) is 2.80. The third-order valence-corrected chi connectivity index (χ3v) is 5.11. The highest BCUT2D eigenvalue weighted by molar-refractivity contribution is 6.05. The third-order valence-electron chi connectivity index (χ3n) is 5.11. The molecule has 2 amide bonds. The molecule has 1 atom stereocenters. The highest BCUT2D eigenvalue weighted by Gasteiger charge is 2.27. The molecule has 3 rings (SSSR count). The molecule has 1 aliphatic heterocycles. The van der Waals surface area contributed by atoms with E-state index in [9.17, 15) is 9.59 Å². The van der Waals surface area contributed by atoms with Crippen LogP contribution in [0.4, 0.5) is 11.4 Å². The van der Waals surface area contributed by atoms with Crippen molar-refractivity contribution >= 4 is 23.2 Å². The standard InChI is InChI=1S/C22H27N3O4/c1-13-9-16-17(10-14(13)2)25-22(27)18(24-16)12-21(26)23-8-7-15-5-6-19(28-3)20(11-15)29-4/h5-6,9-11,18,24H,7-8,12H2,1-4H3,(H,23,26)(H,25,27)/t18-/m0/s1. The smallest absolute Gasteiger partial charge is 0.247 e. The van der Waals surface area contributed by atoms with Crippen LogP contribution in [-0.4, -0.2) is 38.6 Å². The highest BCUT2D eigenvalue weighted by Crippen LogP contribution is 2.30. The first-order valence-electron chi connectivity index (χ1n) is 9.57. The van der Waals surface area contributed by atoms with E-state index in [0.717, 1.165) is 28.1 Å². The zero-order valence-corrected chi connectivity index (χ0v) is 17.2. The lowest BCUT2D eigenvalue weighted by atomic mass is 10.0. The van der Waals surface area contributed by atoms with Gasteiger partial charge in [0, 0.05) is 6.54 Å². The van der Waals surface area contributed by atoms with Gasteiger partial charge in [0.1, 0.15) is 6.04 Å². The van der Waals surface area contributed by atoms with Crippen molar-refractivity contribution in [1.29, 1.82) is 0 Å². The lowest BCUT2D eigenvalue weighted by Crippen LogP contribution is -2.42. The monoisotopic (exact) mass is 397 g/mol. The fourth-order valence-electron chi connectivity index (χ4n) is 3.30. The number of ether oxygens (including phenoxy) is 2. The first kappa shape index (κ1) is 20.5. The highest BCUT2D eigenvalue weighted by atomic mass is 16.5. The second kappa shape index (κ2) is 8.86. The van der Waals surface area contributed by atoms with Gasteiger partial charge < -0.3 is 25.4 Å². The summed E-state index contributed by atoms with van der Waals surface area (Å²) in [5.74, 6) is 0.949. The fourth-order valence-corrected chi connectivity index (χ4v) is 3.30. The predicted molar refractivity (Wildman–Crippen MR) is 113 cm³/mol. The van der Waals surface area contributed by atoms with E-state index in [1.54, 1.807) is 14.2 Å². The molecule has 0 bridgehead atoms. The van der Waals surface area contributed by atoms with Crippen LogP contribution in [0.5, 0.6) is 11.5 Å². The van der Waals surface area contributed by atoms with Crippen LogP contribution in [0.1, 0.15) is 23.1 Å². The van der Waals surface area contributed by atoms with Gasteiger partial charge in [-0.1, -0.05) is 6.07 Å². The Morgan fingerprint density at radius 2 is 1.72 bits per heavy atom. The summed E-state index contributed by atoms with van der Waals surface area (Å²) in [5, 5.41) is 8.94. The molecular weight excluding hydrogens is 370 g/mol. The maximum absolute atomic E-state index is 12.3. The van der Waals surface area contributed by atoms with Gasteiger partial charge in [0.05, 0.1) is 32.0 Å². The number of fused-ring (bicyclic) bond motifs is 1. The molecule has 2 aromatic carbocycles. The Balaban J connectivity index is 1.53. The molecule has 0 spiro atoms. The largest absolute Gasteiger partial charge is 0.493 e. The number of hydrogen-bond donors (Lipinski definition) is 3. The fraction of sp³-hybridized carbons (Fsp3) is 0.364. The third kappa shape index (κ3) is 4.80. The molecule has 0 unspecified atom stereocenters. The van der Waals surface area contributed by atoms with Gasteiger partial charge in [0.15, 0.2) is 11.5 Å². The summed E-state index contributed by atoms with van der Waals surface area (Å²) in [6, 6.07) is 9.01. The van der Waals surface area contributed by atoms with Crippen LogP contribution in [0.15, 0.2) is 30.3 Å². The van der Waals surface area contributed by atoms with E-state index >= 15 is 0 Å². The molecule has 0 saturated carbocycles. The van der Waals surface area contributed by atoms with Gasteiger partial charge in [0.2, 0.25) is 11.8 Å². The van der Waals surface area contributed by atoms with E-state index in [0.29, 0.717) is 24.5 Å². The summed E-state index contributed by atoms with van der Waals surface area (Å²) in [5.41, 5.74) is 4.86. The number of benzene rings is 2. The number of carbonyl (C=O) groups excluding carboxylic acids is 2. The van der Waals surface area contributed by atoms with Gasteiger partial charge in [-0.15, -0.1) is 0 Å². The SMILES string of the molecule is COc1ccc(CCNC(=O)C[C@@H]2Nc3cc(C)c(C)cc3NC2=O)cc1OC. The summed E-state index contributed by atoms with van der Waals surface area (Å²) in [4.78, 5) is 24.7. The Morgan fingerprint density at radius 1 is 1.03 bits per heavy atom. The topological polar surface area (TPSA) is 88.7 Å². The lowest BCUT2D eigenvalue weighted by molar-refractivity contribution is -0.124. The van der Waals surface area contributed by atoms with Crippen molar-refractivity contribution in [3.05, 3.63) is 47.0 Å². The van der Waals surface area contributed by atoms with Gasteiger partial charge in [-0.25, -0.2) is 0 Å². The molecule has 7 heteroatoms. The number of rotatable bonds is 7. The Labute approximate surface area is 170 Å². The van der Waals surface area contributed by atoms with E-state index < -0.39 is 6.04 Å².